The molecular weight excluding hydrogens is 182 g/mol. The Morgan fingerprint density at radius 2 is 1.80 bits per heavy atom. The number of benzene rings is 1. The molecule has 0 saturated heterocycles. The van der Waals surface area contributed by atoms with Crippen molar-refractivity contribution >= 4 is 6.08 Å². The van der Waals surface area contributed by atoms with Crippen molar-refractivity contribution < 1.29 is 0 Å². The molecule has 1 heterocycles. The summed E-state index contributed by atoms with van der Waals surface area (Å²) in [5, 5.41) is 0. The van der Waals surface area contributed by atoms with Crippen LogP contribution in [0.5, 0.6) is 0 Å². The van der Waals surface area contributed by atoms with Crippen LogP contribution in [0.15, 0.2) is 54.9 Å². The maximum atomic E-state index is 4.10. The molecule has 2 aromatic rings. The van der Waals surface area contributed by atoms with Crippen molar-refractivity contribution in [2.45, 2.75) is 0 Å². The van der Waals surface area contributed by atoms with Crippen LogP contribution in [-0.2, 0) is 0 Å². The number of rotatable bonds is 2. The first kappa shape index (κ1) is 9.66. The van der Waals surface area contributed by atoms with Gasteiger partial charge in [-0.3, -0.25) is 4.98 Å². The van der Waals surface area contributed by atoms with Gasteiger partial charge in [0.25, 0.3) is 0 Å². The van der Waals surface area contributed by atoms with Crippen molar-refractivity contribution in [3.63, 3.8) is 0 Å². The van der Waals surface area contributed by atoms with E-state index in [-0.39, 0.29) is 0 Å². The lowest BCUT2D eigenvalue weighted by Crippen LogP contribution is -1.79. The van der Waals surface area contributed by atoms with Crippen molar-refractivity contribution in [2.24, 2.45) is 0 Å². The van der Waals surface area contributed by atoms with Crippen molar-refractivity contribution in [2.75, 3.05) is 0 Å². The molecule has 0 spiro atoms. The Bertz CT molecular complexity index is 441. The molecule has 15 heavy (non-hydrogen) atoms. The lowest BCUT2D eigenvalue weighted by molar-refractivity contribution is 1.33. The normalized spacial score (nSPS) is 10.7. The Morgan fingerprint density at radius 1 is 1.00 bits per heavy atom. The number of pyridine rings is 1. The van der Waals surface area contributed by atoms with Gasteiger partial charge in [0, 0.05) is 12.4 Å². The highest BCUT2D eigenvalue weighted by molar-refractivity contribution is 5.64. The van der Waals surface area contributed by atoms with E-state index in [2.05, 4.69) is 42.2 Å². The predicted molar refractivity (Wildman–Crippen MR) is 64.1 cm³/mol. The van der Waals surface area contributed by atoms with Crippen LogP contribution in [0, 0.1) is 6.92 Å². The molecule has 0 aliphatic rings. The molecule has 0 N–H and O–H groups in total. The van der Waals surface area contributed by atoms with E-state index in [0.29, 0.717) is 0 Å². The largest absolute Gasteiger partial charge is 0.264 e. The van der Waals surface area contributed by atoms with Gasteiger partial charge in [-0.2, -0.15) is 0 Å². The lowest BCUT2D eigenvalue weighted by Gasteiger charge is -2.00. The summed E-state index contributed by atoms with van der Waals surface area (Å²) < 4.78 is 0. The summed E-state index contributed by atoms with van der Waals surface area (Å²) in [6, 6.07) is 12.3. The number of allylic oxidation sites excluding steroid dienone is 1. The molecule has 0 fully saturated rings. The maximum absolute atomic E-state index is 4.10. The fourth-order valence-electron chi connectivity index (χ4n) is 1.46. The third kappa shape index (κ3) is 2.32. The second kappa shape index (κ2) is 4.56. The smallest absolute Gasteiger partial charge is 0.0346 e. The summed E-state index contributed by atoms with van der Waals surface area (Å²) in [6.07, 6.45) is 7.42. The first-order valence-electron chi connectivity index (χ1n) is 4.86. The average molecular weight is 194 g/mol. The Hall–Kier alpha value is -1.89. The zero-order chi connectivity index (χ0) is 10.5. The van der Waals surface area contributed by atoms with Crippen LogP contribution in [0.3, 0.4) is 0 Å². The maximum Gasteiger partial charge on any atom is 0.0346 e. The standard InChI is InChI=1S/C14H12N/c1-2-4-12-6-8-13(9-7-12)14-5-3-10-15-11-14/h2-11H,1H2/b4-2+. The second-order valence-corrected chi connectivity index (χ2v) is 3.27. The molecule has 1 radical (unpaired) electrons. The van der Waals surface area contributed by atoms with Crippen LogP contribution in [0.1, 0.15) is 5.56 Å². The molecule has 0 saturated carbocycles. The predicted octanol–water partition coefficient (Wildman–Crippen LogP) is 3.60. The number of hydrogen-bond acceptors (Lipinski definition) is 1. The first-order chi connectivity index (χ1) is 7.40. The summed E-state index contributed by atoms with van der Waals surface area (Å²) in [7, 11) is 0. The van der Waals surface area contributed by atoms with Crippen molar-refractivity contribution in [3.05, 3.63) is 67.4 Å². The Balaban J connectivity index is 2.32. The minimum absolute atomic E-state index is 1.14. The molecule has 0 unspecified atom stereocenters. The topological polar surface area (TPSA) is 12.9 Å². The highest BCUT2D eigenvalue weighted by Gasteiger charge is 1.95. The molecule has 1 aromatic heterocycles. The molecule has 1 aromatic carbocycles. The Morgan fingerprint density at radius 3 is 2.40 bits per heavy atom. The van der Waals surface area contributed by atoms with Crippen LogP contribution >= 0.6 is 0 Å². The third-order valence-corrected chi connectivity index (χ3v) is 2.22. The molecular formula is C14H12N. The van der Waals surface area contributed by atoms with Gasteiger partial charge in [-0.15, -0.1) is 0 Å². The zero-order valence-electron chi connectivity index (χ0n) is 8.43. The average Bonchev–Trinajstić information content (AvgIpc) is 2.32. The fraction of sp³-hybridized carbons (Fsp3) is 0. The number of aromatic nitrogens is 1. The van der Waals surface area contributed by atoms with Gasteiger partial charge in [-0.05, 0) is 29.7 Å². The molecule has 0 amide bonds. The summed E-state index contributed by atoms with van der Waals surface area (Å²) in [5.74, 6) is 0. The van der Waals surface area contributed by atoms with Gasteiger partial charge in [0.05, 0.1) is 0 Å². The van der Waals surface area contributed by atoms with Gasteiger partial charge in [0.15, 0.2) is 0 Å². The van der Waals surface area contributed by atoms with Gasteiger partial charge in [-0.25, -0.2) is 0 Å². The van der Waals surface area contributed by atoms with Gasteiger partial charge >= 0.3 is 0 Å². The molecule has 0 aliphatic heterocycles. The third-order valence-electron chi connectivity index (χ3n) is 2.22. The molecule has 73 valence electrons. The van der Waals surface area contributed by atoms with Crippen LogP contribution < -0.4 is 0 Å². The van der Waals surface area contributed by atoms with Crippen molar-refractivity contribution in [3.8, 4) is 11.1 Å². The van der Waals surface area contributed by atoms with Crippen molar-refractivity contribution in [1.82, 2.24) is 4.98 Å². The number of hydrogen-bond donors (Lipinski definition) is 0. The zero-order valence-corrected chi connectivity index (χ0v) is 8.43. The van der Waals surface area contributed by atoms with E-state index in [1.54, 1.807) is 12.3 Å². The Labute approximate surface area is 90.1 Å². The van der Waals surface area contributed by atoms with E-state index in [9.17, 15) is 0 Å². The first-order valence-corrected chi connectivity index (χ1v) is 4.86. The SMILES string of the molecule is [CH2]/C=C/c1ccc(-c2cccnc2)cc1. The minimum Gasteiger partial charge on any atom is -0.264 e. The van der Waals surface area contributed by atoms with Gasteiger partial charge in [0.1, 0.15) is 0 Å². The molecule has 0 bridgehead atoms. The van der Waals surface area contributed by atoms with Gasteiger partial charge < -0.3 is 0 Å². The lowest BCUT2D eigenvalue weighted by atomic mass is 10.1. The summed E-state index contributed by atoms with van der Waals surface area (Å²) in [5.41, 5.74) is 3.49. The van der Waals surface area contributed by atoms with E-state index in [0.717, 1.165) is 11.1 Å². The highest BCUT2D eigenvalue weighted by atomic mass is 14.6. The summed E-state index contributed by atoms with van der Waals surface area (Å²) >= 11 is 0. The molecule has 0 aliphatic carbocycles. The van der Waals surface area contributed by atoms with Crippen LogP contribution in [0.25, 0.3) is 17.2 Å². The van der Waals surface area contributed by atoms with E-state index < -0.39 is 0 Å². The van der Waals surface area contributed by atoms with Crippen LogP contribution in [-0.4, -0.2) is 4.98 Å². The highest BCUT2D eigenvalue weighted by Crippen LogP contribution is 2.18. The van der Waals surface area contributed by atoms with Crippen LogP contribution in [0.2, 0.25) is 0 Å². The fourth-order valence-corrected chi connectivity index (χ4v) is 1.46. The van der Waals surface area contributed by atoms with Gasteiger partial charge in [0.2, 0.25) is 0 Å². The Kier molecular flexibility index (Phi) is 2.93. The molecule has 0 atom stereocenters. The molecule has 1 heteroatoms. The van der Waals surface area contributed by atoms with E-state index in [1.807, 2.05) is 18.3 Å². The minimum atomic E-state index is 1.14. The second-order valence-electron chi connectivity index (χ2n) is 3.27. The summed E-state index contributed by atoms with van der Waals surface area (Å²) in [6.45, 7) is 3.67. The monoisotopic (exact) mass is 194 g/mol. The molecule has 2 rings (SSSR count). The van der Waals surface area contributed by atoms with Gasteiger partial charge in [-0.1, -0.05) is 42.5 Å². The van der Waals surface area contributed by atoms with Crippen LogP contribution in [0.4, 0.5) is 0 Å². The van der Waals surface area contributed by atoms with E-state index in [4.69, 9.17) is 0 Å². The van der Waals surface area contributed by atoms with E-state index in [1.165, 1.54) is 5.56 Å². The molecule has 1 nitrogen and oxygen atoms in total. The summed E-state index contributed by atoms with van der Waals surface area (Å²) in [4.78, 5) is 4.10. The quantitative estimate of drug-likeness (QED) is 0.711. The number of nitrogens with zero attached hydrogens (tertiary/aromatic N) is 1. The van der Waals surface area contributed by atoms with E-state index >= 15 is 0 Å². The van der Waals surface area contributed by atoms with Crippen molar-refractivity contribution in [1.29, 1.82) is 0 Å².